The third-order valence-electron chi connectivity index (χ3n) is 7.33. The van der Waals surface area contributed by atoms with Gasteiger partial charge < -0.3 is 19.6 Å². The number of halogens is 1. The molecule has 4 rings (SSSR count). The Balaban J connectivity index is 1.43. The van der Waals surface area contributed by atoms with E-state index in [1.54, 1.807) is 29.0 Å². The number of aryl methyl sites for hydroxylation is 1. The van der Waals surface area contributed by atoms with E-state index in [0.717, 1.165) is 31.4 Å². The Kier molecular flexibility index (Phi) is 7.48. The average Bonchev–Trinajstić information content (AvgIpc) is 3.22. The van der Waals surface area contributed by atoms with Crippen LogP contribution in [0.25, 0.3) is 5.65 Å². The van der Waals surface area contributed by atoms with Crippen LogP contribution in [0.15, 0.2) is 36.7 Å². The highest BCUT2D eigenvalue weighted by Crippen LogP contribution is 2.40. The van der Waals surface area contributed by atoms with Crippen LogP contribution in [0.1, 0.15) is 63.9 Å². The molecule has 1 unspecified atom stereocenters. The minimum atomic E-state index is -1.78. The van der Waals surface area contributed by atoms with Crippen molar-refractivity contribution < 1.29 is 14.3 Å². The minimum Gasteiger partial charge on any atom is -0.488 e. The highest BCUT2D eigenvalue weighted by Gasteiger charge is 2.40. The molecule has 0 aliphatic heterocycles. The van der Waals surface area contributed by atoms with Gasteiger partial charge in [0.1, 0.15) is 5.75 Å². The van der Waals surface area contributed by atoms with Crippen molar-refractivity contribution in [3.63, 3.8) is 0 Å². The molecule has 0 radical (unpaired) electrons. The van der Waals surface area contributed by atoms with Crippen molar-refractivity contribution in [2.24, 2.45) is 0 Å². The lowest BCUT2D eigenvalue weighted by atomic mass is 9.95. The molecule has 190 valence electrons. The predicted octanol–water partition coefficient (Wildman–Crippen LogP) is 6.51. The largest absolute Gasteiger partial charge is 0.488 e. The molecular formula is C26H37ClN4O3Si. The van der Waals surface area contributed by atoms with Gasteiger partial charge in [-0.2, -0.15) is 5.10 Å². The van der Waals surface area contributed by atoms with Crippen molar-refractivity contribution in [1.29, 1.82) is 0 Å². The van der Waals surface area contributed by atoms with Gasteiger partial charge in [0.25, 0.3) is 0 Å². The Morgan fingerprint density at radius 3 is 2.51 bits per heavy atom. The maximum absolute atomic E-state index is 11.0. The number of hydrogen-bond donors (Lipinski definition) is 2. The maximum Gasteiger partial charge on any atom is 0.192 e. The summed E-state index contributed by atoms with van der Waals surface area (Å²) in [7, 11) is -1.78. The lowest BCUT2D eigenvalue weighted by molar-refractivity contribution is 0.0727. The summed E-state index contributed by atoms with van der Waals surface area (Å²) in [5.74, 6) is 0.669. The van der Waals surface area contributed by atoms with Gasteiger partial charge in [0.15, 0.2) is 20.2 Å². The summed E-state index contributed by atoms with van der Waals surface area (Å²) < 4.78 is 14.7. The molecule has 9 heteroatoms. The zero-order chi connectivity index (χ0) is 25.4. The number of aliphatic hydroxyl groups excluding tert-OH is 1. The SMILES string of the molecule is Cc1ccnc2c(C(O)Nc3cc(Cl)ccc3OC3CCC(O[Si](C)(C)C(C)(C)C)CC3)cnn12. The van der Waals surface area contributed by atoms with Crippen LogP contribution in [0, 0.1) is 6.92 Å². The summed E-state index contributed by atoms with van der Waals surface area (Å²) in [5.41, 5.74) is 2.77. The van der Waals surface area contributed by atoms with Crippen LogP contribution in [0.3, 0.4) is 0 Å². The lowest BCUT2D eigenvalue weighted by Crippen LogP contribution is -2.45. The van der Waals surface area contributed by atoms with Gasteiger partial charge in [-0.25, -0.2) is 9.50 Å². The van der Waals surface area contributed by atoms with Crippen LogP contribution in [0.2, 0.25) is 23.2 Å². The first kappa shape index (κ1) is 25.9. The summed E-state index contributed by atoms with van der Waals surface area (Å²) in [5, 5.41) is 19.2. The number of benzene rings is 1. The quantitative estimate of drug-likeness (QED) is 0.275. The Bertz CT molecular complexity index is 1170. The molecule has 3 aromatic rings. The second-order valence-electron chi connectivity index (χ2n) is 11.0. The van der Waals surface area contributed by atoms with Gasteiger partial charge in [-0.05, 0) is 75.0 Å². The fraction of sp³-hybridized carbons (Fsp3) is 0.538. The molecule has 1 aliphatic carbocycles. The summed E-state index contributed by atoms with van der Waals surface area (Å²) in [4.78, 5) is 4.38. The molecule has 0 spiro atoms. The normalized spacial score (nSPS) is 20.1. The number of ether oxygens (including phenoxy) is 1. The molecule has 0 saturated heterocycles. The second-order valence-corrected chi connectivity index (χ2v) is 16.2. The summed E-state index contributed by atoms with van der Waals surface area (Å²) >= 11 is 6.28. The summed E-state index contributed by atoms with van der Waals surface area (Å²) in [6.45, 7) is 13.4. The predicted molar refractivity (Wildman–Crippen MR) is 143 cm³/mol. The smallest absolute Gasteiger partial charge is 0.192 e. The molecular weight excluding hydrogens is 480 g/mol. The van der Waals surface area contributed by atoms with Crippen molar-refractivity contribution in [3.05, 3.63) is 52.9 Å². The van der Waals surface area contributed by atoms with Crippen LogP contribution >= 0.6 is 11.6 Å². The van der Waals surface area contributed by atoms with Gasteiger partial charge in [-0.3, -0.25) is 0 Å². The van der Waals surface area contributed by atoms with E-state index in [-0.39, 0.29) is 11.1 Å². The van der Waals surface area contributed by atoms with E-state index in [0.29, 0.717) is 33.8 Å². The number of aromatic nitrogens is 3. The number of anilines is 1. The fourth-order valence-corrected chi connectivity index (χ4v) is 5.80. The molecule has 2 heterocycles. The van der Waals surface area contributed by atoms with Gasteiger partial charge in [-0.1, -0.05) is 32.4 Å². The zero-order valence-electron chi connectivity index (χ0n) is 21.5. The van der Waals surface area contributed by atoms with Gasteiger partial charge in [-0.15, -0.1) is 0 Å². The lowest BCUT2D eigenvalue weighted by Gasteiger charge is -2.41. The van der Waals surface area contributed by atoms with Crippen molar-refractivity contribution >= 4 is 31.3 Å². The van der Waals surface area contributed by atoms with E-state index >= 15 is 0 Å². The van der Waals surface area contributed by atoms with E-state index < -0.39 is 14.5 Å². The van der Waals surface area contributed by atoms with E-state index in [2.05, 4.69) is 49.3 Å². The number of hydrogen-bond acceptors (Lipinski definition) is 6. The molecule has 1 atom stereocenters. The van der Waals surface area contributed by atoms with Crippen LogP contribution < -0.4 is 10.1 Å². The third kappa shape index (κ3) is 5.82. The molecule has 1 aromatic carbocycles. The molecule has 2 N–H and O–H groups in total. The average molecular weight is 517 g/mol. The van der Waals surface area contributed by atoms with Crippen LogP contribution in [0.5, 0.6) is 5.75 Å². The first-order valence-corrected chi connectivity index (χ1v) is 15.6. The second kappa shape index (κ2) is 10.1. The van der Waals surface area contributed by atoms with Crippen molar-refractivity contribution in [2.75, 3.05) is 5.32 Å². The summed E-state index contributed by atoms with van der Waals surface area (Å²) in [6, 6.07) is 7.31. The first-order valence-electron chi connectivity index (χ1n) is 12.3. The first-order chi connectivity index (χ1) is 16.4. The fourth-order valence-electron chi connectivity index (χ4n) is 4.20. The van der Waals surface area contributed by atoms with Gasteiger partial charge in [0, 0.05) is 23.0 Å². The Morgan fingerprint density at radius 1 is 1.14 bits per heavy atom. The van der Waals surface area contributed by atoms with Gasteiger partial charge >= 0.3 is 0 Å². The number of nitrogens with zero attached hydrogens (tertiary/aromatic N) is 3. The molecule has 7 nitrogen and oxygen atoms in total. The van der Waals surface area contributed by atoms with Crippen LogP contribution in [0.4, 0.5) is 5.69 Å². The number of aliphatic hydroxyl groups is 1. The van der Waals surface area contributed by atoms with Crippen LogP contribution in [-0.2, 0) is 4.43 Å². The number of fused-ring (bicyclic) bond motifs is 1. The van der Waals surface area contributed by atoms with Crippen molar-refractivity contribution in [1.82, 2.24) is 14.6 Å². The minimum absolute atomic E-state index is 0.0921. The molecule has 1 fully saturated rings. The molecule has 35 heavy (non-hydrogen) atoms. The van der Waals surface area contributed by atoms with Gasteiger partial charge in [0.05, 0.1) is 23.6 Å². The zero-order valence-corrected chi connectivity index (χ0v) is 23.3. The van der Waals surface area contributed by atoms with E-state index in [1.807, 2.05) is 19.1 Å². The van der Waals surface area contributed by atoms with Gasteiger partial charge in [0.2, 0.25) is 0 Å². The molecule has 2 aromatic heterocycles. The standard InChI is InChI=1S/C26H37ClN4O3Si/c1-17-13-14-28-24-21(16-29-31(17)24)25(32)30-22-15-18(27)7-12-23(22)33-19-8-10-20(11-9-19)34-35(5,6)26(2,3)4/h7,12-16,19-20,25,30,32H,8-11H2,1-6H3. The highest BCUT2D eigenvalue weighted by atomic mass is 35.5. The Morgan fingerprint density at radius 2 is 1.83 bits per heavy atom. The Labute approximate surface area is 213 Å². The molecule has 0 amide bonds. The molecule has 0 bridgehead atoms. The number of nitrogens with one attached hydrogen (secondary N) is 1. The topological polar surface area (TPSA) is 80.9 Å². The van der Waals surface area contributed by atoms with Crippen molar-refractivity contribution in [2.45, 2.75) is 89.9 Å². The van der Waals surface area contributed by atoms with E-state index in [4.69, 9.17) is 20.8 Å². The third-order valence-corrected chi connectivity index (χ3v) is 12.1. The molecule has 1 aliphatic rings. The van der Waals surface area contributed by atoms with Crippen molar-refractivity contribution in [3.8, 4) is 5.75 Å². The maximum atomic E-state index is 11.0. The van der Waals surface area contributed by atoms with E-state index in [1.165, 1.54) is 0 Å². The summed E-state index contributed by atoms with van der Waals surface area (Å²) in [6.07, 6.45) is 6.55. The van der Waals surface area contributed by atoms with Crippen LogP contribution in [-0.4, -0.2) is 40.2 Å². The van der Waals surface area contributed by atoms with E-state index in [9.17, 15) is 5.11 Å². The molecule has 1 saturated carbocycles. The monoisotopic (exact) mass is 516 g/mol. The highest BCUT2D eigenvalue weighted by molar-refractivity contribution is 6.74. The number of rotatable bonds is 7. The Hall–Kier alpha value is -2.13.